The first kappa shape index (κ1) is 13.0. The van der Waals surface area contributed by atoms with Gasteiger partial charge in [0.2, 0.25) is 0 Å². The van der Waals surface area contributed by atoms with Gasteiger partial charge in [-0.2, -0.15) is 0 Å². The number of hydrogen-bond acceptors (Lipinski definition) is 1. The third-order valence-electron chi connectivity index (χ3n) is 2.53. The molecule has 1 heteroatoms. The second kappa shape index (κ2) is 5.69. The molecule has 80 valence electrons. The normalized spacial score (nSPS) is 10.4. The first-order valence-corrected chi connectivity index (χ1v) is 5.36. The van der Waals surface area contributed by atoms with E-state index >= 15 is 0 Å². The van der Waals surface area contributed by atoms with Gasteiger partial charge in [0, 0.05) is 0 Å². The Kier molecular flexibility index (Phi) is 5.29. The third kappa shape index (κ3) is 3.41. The highest BCUT2D eigenvalue weighted by atomic mass is 16.3. The summed E-state index contributed by atoms with van der Waals surface area (Å²) in [5.41, 5.74) is 1.50. The van der Waals surface area contributed by atoms with Gasteiger partial charge in [0.1, 0.15) is 5.75 Å². The van der Waals surface area contributed by atoms with Gasteiger partial charge in [-0.25, -0.2) is 0 Å². The number of hydrogen-bond donors (Lipinski definition) is 1. The highest BCUT2D eigenvalue weighted by molar-refractivity contribution is 5.30. The molecule has 1 aromatic carbocycles. The van der Waals surface area contributed by atoms with E-state index in [4.69, 9.17) is 5.11 Å². The van der Waals surface area contributed by atoms with Gasteiger partial charge in [-0.05, 0) is 29.5 Å². The van der Waals surface area contributed by atoms with Gasteiger partial charge in [-0.15, -0.1) is 0 Å². The smallest absolute Gasteiger partial charge is 0.115 e. The summed E-state index contributed by atoms with van der Waals surface area (Å²) in [5, 5.41) is 9.10. The van der Waals surface area contributed by atoms with Crippen molar-refractivity contribution in [2.75, 3.05) is 0 Å². The van der Waals surface area contributed by atoms with Crippen LogP contribution in [0, 0.1) is 0 Å². The van der Waals surface area contributed by atoms with Crippen LogP contribution in [0.1, 0.15) is 46.6 Å². The highest BCUT2D eigenvalue weighted by Crippen LogP contribution is 2.27. The number of phenols is 1. The second-order valence-electron chi connectivity index (χ2n) is 3.78. The van der Waals surface area contributed by atoms with Crippen molar-refractivity contribution in [2.45, 2.75) is 46.5 Å². The fraction of sp³-hybridized carbons (Fsp3) is 0.538. The maximum absolute atomic E-state index is 9.10. The van der Waals surface area contributed by atoms with Gasteiger partial charge < -0.3 is 5.11 Å². The standard InChI is InChI=1S/C11H16O.C2H6/c1-4-11(2,3)9-5-7-10(12)8-6-9;1-2/h5-8,12H,4H2,1-3H3;1-2H3. The number of benzene rings is 1. The van der Waals surface area contributed by atoms with E-state index in [9.17, 15) is 0 Å². The first-order valence-electron chi connectivity index (χ1n) is 5.36. The van der Waals surface area contributed by atoms with Crippen LogP contribution < -0.4 is 0 Å². The Balaban J connectivity index is 0.000000791. The number of phenolic OH excluding ortho intramolecular Hbond substituents is 1. The van der Waals surface area contributed by atoms with Crippen LogP contribution in [0.2, 0.25) is 0 Å². The predicted octanol–water partition coefficient (Wildman–Crippen LogP) is 4.11. The van der Waals surface area contributed by atoms with Crippen molar-refractivity contribution in [2.24, 2.45) is 0 Å². The van der Waals surface area contributed by atoms with Crippen LogP contribution in [-0.2, 0) is 5.41 Å². The molecule has 14 heavy (non-hydrogen) atoms. The minimum Gasteiger partial charge on any atom is -0.508 e. The maximum Gasteiger partial charge on any atom is 0.115 e. The van der Waals surface area contributed by atoms with E-state index in [2.05, 4.69) is 20.8 Å². The molecule has 0 aliphatic carbocycles. The summed E-state index contributed by atoms with van der Waals surface area (Å²) in [7, 11) is 0. The lowest BCUT2D eigenvalue weighted by molar-refractivity contribution is 0.471. The maximum atomic E-state index is 9.10. The van der Waals surface area contributed by atoms with Crippen molar-refractivity contribution in [1.29, 1.82) is 0 Å². The lowest BCUT2D eigenvalue weighted by atomic mass is 9.82. The molecule has 0 fully saturated rings. The molecule has 0 amide bonds. The molecule has 0 atom stereocenters. The minimum atomic E-state index is 0.216. The molecule has 0 aliphatic rings. The van der Waals surface area contributed by atoms with Crippen molar-refractivity contribution in [3.05, 3.63) is 29.8 Å². The predicted molar refractivity (Wildman–Crippen MR) is 62.8 cm³/mol. The Hall–Kier alpha value is -0.980. The largest absolute Gasteiger partial charge is 0.508 e. The van der Waals surface area contributed by atoms with Gasteiger partial charge in [-0.3, -0.25) is 0 Å². The molecule has 1 nitrogen and oxygen atoms in total. The van der Waals surface area contributed by atoms with E-state index < -0.39 is 0 Å². The van der Waals surface area contributed by atoms with Gasteiger partial charge in [0.05, 0.1) is 0 Å². The summed E-state index contributed by atoms with van der Waals surface area (Å²) in [5.74, 6) is 0.339. The molecule has 0 aromatic heterocycles. The molecular weight excluding hydrogens is 172 g/mol. The third-order valence-corrected chi connectivity index (χ3v) is 2.53. The molecule has 0 saturated heterocycles. The molecule has 1 N–H and O–H groups in total. The van der Waals surface area contributed by atoms with Crippen molar-refractivity contribution < 1.29 is 5.11 Å². The summed E-state index contributed by atoms with van der Waals surface area (Å²) in [6.45, 7) is 10.6. The molecular formula is C13H22O. The zero-order valence-corrected chi connectivity index (χ0v) is 9.96. The van der Waals surface area contributed by atoms with Crippen LogP contribution in [0.5, 0.6) is 5.75 Å². The van der Waals surface area contributed by atoms with Gasteiger partial charge in [-0.1, -0.05) is 46.8 Å². The van der Waals surface area contributed by atoms with E-state index in [0.717, 1.165) is 6.42 Å². The van der Waals surface area contributed by atoms with Crippen LogP contribution in [0.25, 0.3) is 0 Å². The van der Waals surface area contributed by atoms with E-state index in [0.29, 0.717) is 5.75 Å². The molecule has 0 heterocycles. The number of aromatic hydroxyl groups is 1. The zero-order valence-electron chi connectivity index (χ0n) is 9.96. The Morgan fingerprint density at radius 3 is 1.86 bits per heavy atom. The topological polar surface area (TPSA) is 20.2 Å². The second-order valence-corrected chi connectivity index (χ2v) is 3.78. The fourth-order valence-electron chi connectivity index (χ4n) is 1.12. The fourth-order valence-corrected chi connectivity index (χ4v) is 1.12. The van der Waals surface area contributed by atoms with Crippen LogP contribution in [-0.4, -0.2) is 5.11 Å². The number of rotatable bonds is 2. The Morgan fingerprint density at radius 1 is 1.07 bits per heavy atom. The summed E-state index contributed by atoms with van der Waals surface area (Å²) >= 11 is 0. The van der Waals surface area contributed by atoms with Crippen LogP contribution in [0.3, 0.4) is 0 Å². The molecule has 1 aromatic rings. The molecule has 0 saturated carbocycles. The van der Waals surface area contributed by atoms with Crippen molar-refractivity contribution in [1.82, 2.24) is 0 Å². The monoisotopic (exact) mass is 194 g/mol. The van der Waals surface area contributed by atoms with Gasteiger partial charge in [0.15, 0.2) is 0 Å². The van der Waals surface area contributed by atoms with E-state index in [1.54, 1.807) is 12.1 Å². The average molecular weight is 194 g/mol. The first-order chi connectivity index (χ1) is 6.56. The average Bonchev–Trinajstić information content (AvgIpc) is 2.21. The van der Waals surface area contributed by atoms with E-state index in [-0.39, 0.29) is 5.41 Å². The summed E-state index contributed by atoms with van der Waals surface area (Å²) < 4.78 is 0. The summed E-state index contributed by atoms with van der Waals surface area (Å²) in [6, 6.07) is 7.46. The van der Waals surface area contributed by atoms with Crippen molar-refractivity contribution in [3.8, 4) is 5.75 Å². The van der Waals surface area contributed by atoms with Crippen molar-refractivity contribution in [3.63, 3.8) is 0 Å². The highest BCUT2D eigenvalue weighted by Gasteiger charge is 2.17. The lowest BCUT2D eigenvalue weighted by Crippen LogP contribution is -2.14. The van der Waals surface area contributed by atoms with Crippen LogP contribution in [0.15, 0.2) is 24.3 Å². The molecule has 0 unspecified atom stereocenters. The van der Waals surface area contributed by atoms with Crippen molar-refractivity contribution >= 4 is 0 Å². The van der Waals surface area contributed by atoms with Gasteiger partial charge in [0.25, 0.3) is 0 Å². The molecule has 0 radical (unpaired) electrons. The van der Waals surface area contributed by atoms with Crippen LogP contribution in [0.4, 0.5) is 0 Å². The Morgan fingerprint density at radius 2 is 1.50 bits per heavy atom. The summed E-state index contributed by atoms with van der Waals surface area (Å²) in [6.07, 6.45) is 1.11. The Labute approximate surface area is 87.8 Å². The SMILES string of the molecule is CC.CCC(C)(C)c1ccc(O)cc1. The van der Waals surface area contributed by atoms with Gasteiger partial charge >= 0.3 is 0 Å². The lowest BCUT2D eigenvalue weighted by Gasteiger charge is -2.22. The molecule has 0 aliphatic heterocycles. The quantitative estimate of drug-likeness (QED) is 0.751. The Bertz CT molecular complexity index is 246. The van der Waals surface area contributed by atoms with E-state index in [1.807, 2.05) is 26.0 Å². The minimum absolute atomic E-state index is 0.216. The summed E-state index contributed by atoms with van der Waals surface area (Å²) in [4.78, 5) is 0. The zero-order chi connectivity index (χ0) is 11.2. The van der Waals surface area contributed by atoms with Crippen LogP contribution >= 0.6 is 0 Å². The molecule has 0 bridgehead atoms. The molecule has 1 rings (SSSR count). The molecule has 0 spiro atoms. The van der Waals surface area contributed by atoms with E-state index in [1.165, 1.54) is 5.56 Å².